The Morgan fingerprint density at radius 3 is 2.68 bits per heavy atom. The largest absolute Gasteiger partial charge is 0.492 e. The Labute approximate surface area is 196 Å². The smallest absolute Gasteiger partial charge is 0.308 e. The molecule has 1 unspecified atom stereocenters. The number of benzene rings is 1. The second-order valence-corrected chi connectivity index (χ2v) is 9.15. The van der Waals surface area contributed by atoms with E-state index in [1.54, 1.807) is 36.9 Å². The minimum Gasteiger partial charge on any atom is -0.492 e. The van der Waals surface area contributed by atoms with Crippen LogP contribution in [0.1, 0.15) is 44.5 Å². The molecule has 31 heavy (non-hydrogen) atoms. The topological polar surface area (TPSA) is 97.0 Å². The molecule has 1 saturated heterocycles. The van der Waals surface area contributed by atoms with Crippen molar-refractivity contribution >= 4 is 51.0 Å². The van der Waals surface area contributed by atoms with Crippen LogP contribution in [0.5, 0.6) is 5.75 Å². The zero-order valence-corrected chi connectivity index (χ0v) is 20.5. The molecule has 2 rings (SSSR count). The standard InChI is InChI=1S/C21H28BrN3O5S/c1-12(2)11-29-17-6-5-14(22)9-15(17)19(27)24-21(31)25-8-7-23-20(28)16(25)10-18(26)30-13(3)4/h5-6,9,12-13,16H,7-8,10-11H2,1-4H3,(H,23,28)(H,24,27,31). The molecule has 0 saturated carbocycles. The number of amides is 2. The molecule has 8 nitrogen and oxygen atoms in total. The highest BCUT2D eigenvalue weighted by Crippen LogP contribution is 2.24. The summed E-state index contributed by atoms with van der Waals surface area (Å²) in [5.74, 6) is -0.580. The highest BCUT2D eigenvalue weighted by atomic mass is 79.9. The Kier molecular flexibility index (Phi) is 9.24. The Morgan fingerprint density at radius 1 is 1.32 bits per heavy atom. The quantitative estimate of drug-likeness (QED) is 0.427. The second-order valence-electron chi connectivity index (χ2n) is 7.85. The molecule has 170 valence electrons. The van der Waals surface area contributed by atoms with Crippen molar-refractivity contribution in [1.82, 2.24) is 15.5 Å². The number of ether oxygens (including phenoxy) is 2. The fourth-order valence-corrected chi connectivity index (χ4v) is 3.60. The maximum absolute atomic E-state index is 13.0. The predicted octanol–water partition coefficient (Wildman–Crippen LogP) is 2.64. The summed E-state index contributed by atoms with van der Waals surface area (Å²) in [5, 5.41) is 5.46. The summed E-state index contributed by atoms with van der Waals surface area (Å²) in [6.45, 7) is 8.67. The summed E-state index contributed by atoms with van der Waals surface area (Å²) in [7, 11) is 0. The van der Waals surface area contributed by atoms with Crippen LogP contribution in [-0.4, -0.2) is 59.6 Å². The highest BCUT2D eigenvalue weighted by Gasteiger charge is 2.34. The van der Waals surface area contributed by atoms with Crippen LogP contribution in [0.15, 0.2) is 22.7 Å². The van der Waals surface area contributed by atoms with Crippen LogP contribution in [0, 0.1) is 5.92 Å². The van der Waals surface area contributed by atoms with E-state index >= 15 is 0 Å². The highest BCUT2D eigenvalue weighted by molar-refractivity contribution is 9.10. The molecule has 10 heteroatoms. The molecule has 0 radical (unpaired) electrons. The molecule has 1 heterocycles. The third-order valence-electron chi connectivity index (χ3n) is 4.30. The number of carbonyl (C=O) groups excluding carboxylic acids is 3. The van der Waals surface area contributed by atoms with E-state index in [0.717, 1.165) is 0 Å². The van der Waals surface area contributed by atoms with Crippen molar-refractivity contribution in [2.45, 2.75) is 46.3 Å². The molecular weight excluding hydrogens is 486 g/mol. The summed E-state index contributed by atoms with van der Waals surface area (Å²) in [4.78, 5) is 39.0. The lowest BCUT2D eigenvalue weighted by Gasteiger charge is -2.36. The van der Waals surface area contributed by atoms with E-state index in [1.807, 2.05) is 13.8 Å². The molecule has 1 fully saturated rings. The van der Waals surface area contributed by atoms with Crippen LogP contribution in [-0.2, 0) is 14.3 Å². The number of thiocarbonyl (C=S) groups is 1. The third kappa shape index (κ3) is 7.46. The normalized spacial score (nSPS) is 16.2. The molecule has 1 aliphatic heterocycles. The van der Waals surface area contributed by atoms with Crippen molar-refractivity contribution in [3.8, 4) is 5.75 Å². The van der Waals surface area contributed by atoms with Gasteiger partial charge < -0.3 is 19.7 Å². The molecule has 2 amide bonds. The summed E-state index contributed by atoms with van der Waals surface area (Å²) < 4.78 is 11.6. The Bertz CT molecular complexity index is 846. The van der Waals surface area contributed by atoms with E-state index in [-0.39, 0.29) is 23.5 Å². The lowest BCUT2D eigenvalue weighted by molar-refractivity contribution is -0.150. The first kappa shape index (κ1) is 25.1. The third-order valence-corrected chi connectivity index (χ3v) is 5.13. The van der Waals surface area contributed by atoms with E-state index in [2.05, 4.69) is 26.6 Å². The molecule has 0 aliphatic carbocycles. The van der Waals surface area contributed by atoms with Crippen LogP contribution in [0.4, 0.5) is 0 Å². The monoisotopic (exact) mass is 513 g/mol. The Morgan fingerprint density at radius 2 is 2.03 bits per heavy atom. The predicted molar refractivity (Wildman–Crippen MR) is 124 cm³/mol. The van der Waals surface area contributed by atoms with E-state index in [9.17, 15) is 14.4 Å². The van der Waals surface area contributed by atoms with E-state index in [0.29, 0.717) is 41.4 Å². The van der Waals surface area contributed by atoms with Crippen LogP contribution >= 0.6 is 28.1 Å². The first-order valence-corrected chi connectivity index (χ1v) is 11.3. The van der Waals surface area contributed by atoms with Crippen molar-refractivity contribution < 1.29 is 23.9 Å². The Balaban J connectivity index is 2.15. The number of hydrogen-bond donors (Lipinski definition) is 2. The maximum Gasteiger partial charge on any atom is 0.308 e. The molecule has 0 bridgehead atoms. The number of nitrogens with one attached hydrogen (secondary N) is 2. The zero-order valence-electron chi connectivity index (χ0n) is 18.1. The van der Waals surface area contributed by atoms with Gasteiger partial charge >= 0.3 is 5.97 Å². The van der Waals surface area contributed by atoms with Gasteiger partial charge in [0.1, 0.15) is 11.8 Å². The average Bonchev–Trinajstić information content (AvgIpc) is 2.67. The van der Waals surface area contributed by atoms with Gasteiger partial charge in [-0.3, -0.25) is 19.7 Å². The van der Waals surface area contributed by atoms with Crippen molar-refractivity contribution in [3.63, 3.8) is 0 Å². The fraction of sp³-hybridized carbons (Fsp3) is 0.524. The van der Waals surface area contributed by atoms with Gasteiger partial charge in [-0.2, -0.15) is 0 Å². The van der Waals surface area contributed by atoms with Crippen molar-refractivity contribution in [2.24, 2.45) is 5.92 Å². The summed E-state index contributed by atoms with van der Waals surface area (Å²) in [6, 6.07) is 4.29. The summed E-state index contributed by atoms with van der Waals surface area (Å²) in [5.41, 5.74) is 0.314. The minimum atomic E-state index is -0.855. The van der Waals surface area contributed by atoms with Gasteiger partial charge in [-0.05, 0) is 50.2 Å². The molecule has 1 aromatic rings. The van der Waals surface area contributed by atoms with Gasteiger partial charge in [-0.25, -0.2) is 0 Å². The summed E-state index contributed by atoms with van der Waals surface area (Å²) in [6.07, 6.45) is -0.459. The van der Waals surface area contributed by atoms with Gasteiger partial charge in [0, 0.05) is 17.6 Å². The lowest BCUT2D eigenvalue weighted by atomic mass is 10.1. The van der Waals surface area contributed by atoms with E-state index < -0.39 is 17.9 Å². The van der Waals surface area contributed by atoms with Crippen molar-refractivity contribution in [1.29, 1.82) is 0 Å². The second kappa shape index (κ2) is 11.4. The van der Waals surface area contributed by atoms with Crippen LogP contribution in [0.2, 0.25) is 0 Å². The van der Waals surface area contributed by atoms with E-state index in [4.69, 9.17) is 21.7 Å². The molecule has 1 aromatic carbocycles. The minimum absolute atomic E-state index is 0.0667. The number of halogens is 1. The van der Waals surface area contributed by atoms with Crippen molar-refractivity contribution in [2.75, 3.05) is 19.7 Å². The Hall–Kier alpha value is -2.20. The summed E-state index contributed by atoms with van der Waals surface area (Å²) >= 11 is 8.78. The first-order chi connectivity index (χ1) is 14.6. The first-order valence-electron chi connectivity index (χ1n) is 10.1. The number of rotatable bonds is 7. The van der Waals surface area contributed by atoms with Gasteiger partial charge in [0.2, 0.25) is 5.91 Å². The van der Waals surface area contributed by atoms with Crippen LogP contribution < -0.4 is 15.4 Å². The van der Waals surface area contributed by atoms with Crippen LogP contribution in [0.3, 0.4) is 0 Å². The number of piperazine rings is 1. The molecule has 2 N–H and O–H groups in total. The lowest BCUT2D eigenvalue weighted by Crippen LogP contribution is -2.60. The SMILES string of the molecule is CC(C)COc1ccc(Br)cc1C(=O)NC(=S)N1CCNC(=O)C1CC(=O)OC(C)C. The number of hydrogen-bond acceptors (Lipinski definition) is 6. The van der Waals surface area contributed by atoms with Crippen molar-refractivity contribution in [3.05, 3.63) is 28.2 Å². The molecular formula is C21H28BrN3O5S. The van der Waals surface area contributed by atoms with Gasteiger partial charge in [0.15, 0.2) is 5.11 Å². The molecule has 0 aromatic heterocycles. The fourth-order valence-electron chi connectivity index (χ4n) is 2.93. The maximum atomic E-state index is 13.0. The van der Waals surface area contributed by atoms with Crippen LogP contribution in [0.25, 0.3) is 0 Å². The molecule has 1 atom stereocenters. The van der Waals surface area contributed by atoms with Gasteiger partial charge in [0.25, 0.3) is 5.91 Å². The van der Waals surface area contributed by atoms with E-state index in [1.165, 1.54) is 0 Å². The molecule has 1 aliphatic rings. The van der Waals surface area contributed by atoms with Gasteiger partial charge in [0.05, 0.1) is 24.7 Å². The number of esters is 1. The average molecular weight is 514 g/mol. The molecule has 0 spiro atoms. The number of carbonyl (C=O) groups is 3. The van der Waals surface area contributed by atoms with Gasteiger partial charge in [-0.1, -0.05) is 29.8 Å². The zero-order chi connectivity index (χ0) is 23.1. The number of nitrogens with zero attached hydrogens (tertiary/aromatic N) is 1. The van der Waals surface area contributed by atoms with Gasteiger partial charge in [-0.15, -0.1) is 0 Å².